The molecule has 0 spiro atoms. The molecular weight excluding hydrogens is 336 g/mol. The number of amides is 1. The Hall–Kier alpha value is -2.16. The lowest BCUT2D eigenvalue weighted by Crippen LogP contribution is -2.48. The monoisotopic (exact) mass is 368 g/mol. The van der Waals surface area contributed by atoms with Gasteiger partial charge in [0.25, 0.3) is 0 Å². The van der Waals surface area contributed by atoms with Gasteiger partial charge in [-0.1, -0.05) is 5.16 Å². The number of likely N-dealkylation sites (N-methyl/N-ethyl adjacent to an activating group) is 1. The average molecular weight is 368 g/mol. The van der Waals surface area contributed by atoms with Crippen LogP contribution in [0.4, 0.5) is 0 Å². The van der Waals surface area contributed by atoms with Crippen LogP contribution in [0, 0.1) is 0 Å². The molecule has 1 unspecified atom stereocenters. The number of carbonyl (C=O) groups is 1. The maximum absolute atomic E-state index is 12.1. The van der Waals surface area contributed by atoms with E-state index in [1.54, 1.807) is 11.9 Å². The van der Waals surface area contributed by atoms with Gasteiger partial charge in [0.2, 0.25) is 11.8 Å². The molecule has 0 radical (unpaired) electrons. The van der Waals surface area contributed by atoms with Crippen LogP contribution in [-0.2, 0) is 16.1 Å². The highest BCUT2D eigenvalue weighted by Gasteiger charge is 2.17. The van der Waals surface area contributed by atoms with Crippen molar-refractivity contribution < 1.29 is 14.1 Å². The standard InChI is InChI=1S/C17H32N6O3/c1-8-18-16(23(7)11-13(24)21-17(4,5)6)19-10-14-20-15(22-26-14)12(3)25-9-2/h12H,8-11H2,1-7H3,(H,18,19)(H,21,24). The highest BCUT2D eigenvalue weighted by atomic mass is 16.5. The molecule has 0 aliphatic carbocycles. The Morgan fingerprint density at radius 2 is 2.08 bits per heavy atom. The van der Waals surface area contributed by atoms with Gasteiger partial charge in [-0.15, -0.1) is 0 Å². The summed E-state index contributed by atoms with van der Waals surface area (Å²) in [7, 11) is 1.81. The lowest BCUT2D eigenvalue weighted by atomic mass is 10.1. The highest BCUT2D eigenvalue weighted by molar-refractivity contribution is 5.86. The molecule has 0 aromatic carbocycles. The number of ether oxygens (including phenoxy) is 1. The Balaban J connectivity index is 2.72. The summed E-state index contributed by atoms with van der Waals surface area (Å²) in [5.41, 5.74) is -0.273. The third kappa shape index (κ3) is 7.81. The molecule has 0 aliphatic rings. The first-order chi connectivity index (χ1) is 12.2. The Morgan fingerprint density at radius 3 is 2.65 bits per heavy atom. The predicted octanol–water partition coefficient (Wildman–Crippen LogP) is 1.48. The van der Waals surface area contributed by atoms with Gasteiger partial charge in [0, 0.05) is 25.7 Å². The molecule has 2 N–H and O–H groups in total. The number of hydrogen-bond acceptors (Lipinski definition) is 6. The fourth-order valence-electron chi connectivity index (χ4n) is 2.18. The number of nitrogens with one attached hydrogen (secondary N) is 2. The molecule has 26 heavy (non-hydrogen) atoms. The molecule has 1 amide bonds. The first-order valence-electron chi connectivity index (χ1n) is 8.90. The number of nitrogens with zero attached hydrogens (tertiary/aromatic N) is 4. The zero-order valence-corrected chi connectivity index (χ0v) is 16.9. The van der Waals surface area contributed by atoms with E-state index in [0.717, 1.165) is 0 Å². The Morgan fingerprint density at radius 1 is 1.38 bits per heavy atom. The quantitative estimate of drug-likeness (QED) is 0.529. The second kappa shape index (κ2) is 10.1. The lowest BCUT2D eigenvalue weighted by Gasteiger charge is -2.25. The Kier molecular flexibility index (Phi) is 8.50. The first kappa shape index (κ1) is 21.9. The normalized spacial score (nSPS) is 13.4. The van der Waals surface area contributed by atoms with Gasteiger partial charge in [0.05, 0.1) is 6.54 Å². The highest BCUT2D eigenvalue weighted by Crippen LogP contribution is 2.13. The van der Waals surface area contributed by atoms with Crippen LogP contribution in [0.2, 0.25) is 0 Å². The number of carbonyl (C=O) groups excluding carboxylic acids is 1. The summed E-state index contributed by atoms with van der Waals surface area (Å²) in [6.45, 7) is 13.3. The number of rotatable bonds is 8. The van der Waals surface area contributed by atoms with Crippen molar-refractivity contribution in [1.29, 1.82) is 0 Å². The summed E-state index contributed by atoms with van der Waals surface area (Å²) in [6.07, 6.45) is -0.224. The molecule has 148 valence electrons. The van der Waals surface area contributed by atoms with Crippen LogP contribution >= 0.6 is 0 Å². The minimum Gasteiger partial charge on any atom is -0.371 e. The van der Waals surface area contributed by atoms with E-state index >= 15 is 0 Å². The van der Waals surface area contributed by atoms with Crippen LogP contribution in [0.5, 0.6) is 0 Å². The molecule has 1 atom stereocenters. The SMILES string of the molecule is CCNC(=NCc1nc(C(C)OCC)no1)N(C)CC(=O)NC(C)(C)C. The predicted molar refractivity (Wildman–Crippen MR) is 99.7 cm³/mol. The van der Waals surface area contributed by atoms with E-state index in [2.05, 4.69) is 25.8 Å². The van der Waals surface area contributed by atoms with Crippen LogP contribution in [-0.4, -0.2) is 59.2 Å². The van der Waals surface area contributed by atoms with Gasteiger partial charge in [0.1, 0.15) is 12.6 Å². The number of guanidine groups is 1. The first-order valence-corrected chi connectivity index (χ1v) is 8.90. The van der Waals surface area contributed by atoms with E-state index in [1.807, 2.05) is 41.5 Å². The van der Waals surface area contributed by atoms with E-state index in [9.17, 15) is 4.79 Å². The van der Waals surface area contributed by atoms with Crippen molar-refractivity contribution in [3.63, 3.8) is 0 Å². The maximum Gasteiger partial charge on any atom is 0.248 e. The van der Waals surface area contributed by atoms with E-state index in [-0.39, 0.29) is 30.6 Å². The van der Waals surface area contributed by atoms with Crippen LogP contribution < -0.4 is 10.6 Å². The summed E-state index contributed by atoms with van der Waals surface area (Å²) in [5, 5.41) is 10.00. The van der Waals surface area contributed by atoms with Crippen LogP contribution in [0.15, 0.2) is 9.52 Å². The maximum atomic E-state index is 12.1. The number of hydrogen-bond donors (Lipinski definition) is 2. The topological polar surface area (TPSA) is 105 Å². The van der Waals surface area contributed by atoms with Gasteiger partial charge in [-0.05, 0) is 41.5 Å². The number of aliphatic imine (C=N–C) groups is 1. The van der Waals surface area contributed by atoms with Crippen LogP contribution in [0.3, 0.4) is 0 Å². The van der Waals surface area contributed by atoms with Gasteiger partial charge in [-0.25, -0.2) is 4.99 Å². The third-order valence-electron chi connectivity index (χ3n) is 3.22. The average Bonchev–Trinajstić information content (AvgIpc) is 2.98. The Bertz CT molecular complexity index is 594. The van der Waals surface area contributed by atoms with Crippen molar-refractivity contribution in [2.24, 2.45) is 4.99 Å². The van der Waals surface area contributed by atoms with E-state index in [0.29, 0.717) is 30.8 Å². The molecule has 0 aliphatic heterocycles. The molecule has 0 saturated carbocycles. The van der Waals surface area contributed by atoms with E-state index in [1.165, 1.54) is 0 Å². The zero-order chi connectivity index (χ0) is 19.7. The molecular formula is C17H32N6O3. The summed E-state index contributed by atoms with van der Waals surface area (Å²) in [6, 6.07) is 0. The minimum atomic E-state index is -0.273. The lowest BCUT2D eigenvalue weighted by molar-refractivity contribution is -0.122. The van der Waals surface area contributed by atoms with Crippen molar-refractivity contribution in [2.45, 2.75) is 59.7 Å². The summed E-state index contributed by atoms with van der Waals surface area (Å²) in [5.74, 6) is 1.42. The summed E-state index contributed by atoms with van der Waals surface area (Å²) in [4.78, 5) is 22.6. The molecule has 9 nitrogen and oxygen atoms in total. The summed E-state index contributed by atoms with van der Waals surface area (Å²) >= 11 is 0. The second-order valence-corrected chi connectivity index (χ2v) is 6.97. The molecule has 1 aromatic heterocycles. The van der Waals surface area contributed by atoms with Crippen molar-refractivity contribution in [3.05, 3.63) is 11.7 Å². The second-order valence-electron chi connectivity index (χ2n) is 6.97. The van der Waals surface area contributed by atoms with Gasteiger partial charge in [0.15, 0.2) is 11.8 Å². The van der Waals surface area contributed by atoms with Gasteiger partial charge in [-0.3, -0.25) is 4.79 Å². The fourth-order valence-corrected chi connectivity index (χ4v) is 2.18. The van der Waals surface area contributed by atoms with Crippen LogP contribution in [0.1, 0.15) is 59.4 Å². The zero-order valence-electron chi connectivity index (χ0n) is 16.9. The van der Waals surface area contributed by atoms with E-state index < -0.39 is 0 Å². The Labute approximate surface area is 155 Å². The van der Waals surface area contributed by atoms with Crippen molar-refractivity contribution in [3.8, 4) is 0 Å². The van der Waals surface area contributed by atoms with E-state index in [4.69, 9.17) is 9.26 Å². The van der Waals surface area contributed by atoms with Crippen molar-refractivity contribution in [1.82, 2.24) is 25.7 Å². The molecule has 1 heterocycles. The van der Waals surface area contributed by atoms with Gasteiger partial charge < -0.3 is 24.8 Å². The van der Waals surface area contributed by atoms with Crippen molar-refractivity contribution in [2.75, 3.05) is 26.7 Å². The molecule has 9 heteroatoms. The molecule has 0 fully saturated rings. The number of aromatic nitrogens is 2. The van der Waals surface area contributed by atoms with Gasteiger partial charge >= 0.3 is 0 Å². The molecule has 1 rings (SSSR count). The van der Waals surface area contributed by atoms with Crippen molar-refractivity contribution >= 4 is 11.9 Å². The smallest absolute Gasteiger partial charge is 0.248 e. The minimum absolute atomic E-state index is 0.0729. The largest absolute Gasteiger partial charge is 0.371 e. The van der Waals surface area contributed by atoms with Crippen LogP contribution in [0.25, 0.3) is 0 Å². The molecule has 0 bridgehead atoms. The third-order valence-corrected chi connectivity index (χ3v) is 3.22. The van der Waals surface area contributed by atoms with Gasteiger partial charge in [-0.2, -0.15) is 4.98 Å². The molecule has 1 aromatic rings. The molecule has 0 saturated heterocycles. The summed E-state index contributed by atoms with van der Waals surface area (Å²) < 4.78 is 10.7. The fraction of sp³-hybridized carbons (Fsp3) is 0.765.